The lowest BCUT2D eigenvalue weighted by atomic mass is 9.31. The summed E-state index contributed by atoms with van der Waals surface area (Å²) in [5.74, 6) is 3.55. The third kappa shape index (κ3) is 4.87. The quantitative estimate of drug-likeness (QED) is 0.124. The van der Waals surface area contributed by atoms with Crippen LogP contribution in [0, 0.1) is 39.9 Å². The maximum Gasteiger partial charge on any atom is 0.247 e. The highest BCUT2D eigenvalue weighted by Gasteiger charge is 2.78. The number of allylic oxidation sites excluding steroid dienone is 9. The van der Waals surface area contributed by atoms with E-state index >= 15 is 0 Å². The highest BCUT2D eigenvalue weighted by molar-refractivity contribution is 6.95. The second-order valence-corrected chi connectivity index (χ2v) is 32.2. The molecule has 6 fully saturated rings. The van der Waals surface area contributed by atoms with Crippen LogP contribution in [0.1, 0.15) is 204 Å². The molecule has 0 saturated heterocycles. The minimum Gasteiger partial charge on any atom is -0.334 e. The molecule has 384 valence electrons. The van der Waals surface area contributed by atoms with E-state index in [4.69, 9.17) is 0 Å². The first-order chi connectivity index (χ1) is 36.0. The highest BCUT2D eigenvalue weighted by atomic mass is 15.1. The summed E-state index contributed by atoms with van der Waals surface area (Å²) in [5.41, 5.74) is 31.5. The maximum absolute atomic E-state index is 2.96. The number of fused-ring (bicyclic) bond motifs is 12. The van der Waals surface area contributed by atoms with Crippen molar-refractivity contribution in [2.45, 2.75) is 193 Å². The summed E-state index contributed by atoms with van der Waals surface area (Å²) in [6.45, 7) is 29.4. The molecule has 76 heavy (non-hydrogen) atoms. The van der Waals surface area contributed by atoms with E-state index in [-0.39, 0.29) is 45.2 Å². The molecule has 3 heteroatoms. The molecule has 4 heterocycles. The van der Waals surface area contributed by atoms with Crippen LogP contribution in [0.2, 0.25) is 0 Å². The first kappa shape index (κ1) is 44.9. The van der Waals surface area contributed by atoms with Gasteiger partial charge >= 0.3 is 0 Å². The van der Waals surface area contributed by atoms with Gasteiger partial charge in [-0.15, -0.1) is 0 Å². The molecular formula is C73H79BN2. The minimum absolute atomic E-state index is 0.00520. The van der Waals surface area contributed by atoms with Crippen LogP contribution in [0.25, 0.3) is 50.1 Å². The van der Waals surface area contributed by atoms with Crippen LogP contribution < -0.4 is 10.9 Å². The first-order valence-electron chi connectivity index (χ1n) is 30.6. The van der Waals surface area contributed by atoms with E-state index in [1.54, 1.807) is 44.5 Å². The summed E-state index contributed by atoms with van der Waals surface area (Å²) in [6.07, 6.45) is 27.3. The lowest BCUT2D eigenvalue weighted by molar-refractivity contribution is 0.00785. The van der Waals surface area contributed by atoms with Crippen molar-refractivity contribution < 1.29 is 0 Å². The van der Waals surface area contributed by atoms with Crippen molar-refractivity contribution in [3.8, 4) is 0 Å². The van der Waals surface area contributed by atoms with Gasteiger partial charge in [-0.05, 0) is 208 Å². The highest BCUT2D eigenvalue weighted by Crippen LogP contribution is 2.85. The van der Waals surface area contributed by atoms with Crippen LogP contribution in [0.3, 0.4) is 0 Å². The summed E-state index contributed by atoms with van der Waals surface area (Å²) in [4.78, 5) is 0. The van der Waals surface area contributed by atoms with Gasteiger partial charge in [-0.1, -0.05) is 154 Å². The smallest absolute Gasteiger partial charge is 0.247 e. The third-order valence-corrected chi connectivity index (χ3v) is 24.8. The average Bonchev–Trinajstić information content (AvgIpc) is 2.94. The van der Waals surface area contributed by atoms with Crippen molar-refractivity contribution in [1.82, 2.24) is 9.13 Å². The maximum atomic E-state index is 2.96. The topological polar surface area (TPSA) is 9.86 Å². The van der Waals surface area contributed by atoms with E-state index in [0.29, 0.717) is 10.8 Å². The molecule has 6 aromatic rings. The molecule has 6 saturated carbocycles. The van der Waals surface area contributed by atoms with Gasteiger partial charge in [-0.25, -0.2) is 0 Å². The predicted molar refractivity (Wildman–Crippen MR) is 319 cm³/mol. The van der Waals surface area contributed by atoms with Gasteiger partial charge in [0.2, 0.25) is 6.71 Å². The number of hydrogen-bond acceptors (Lipinski definition) is 0. The Labute approximate surface area is 453 Å². The Morgan fingerprint density at radius 3 is 1.91 bits per heavy atom. The Morgan fingerprint density at radius 2 is 1.21 bits per heavy atom. The van der Waals surface area contributed by atoms with Gasteiger partial charge in [-0.2, -0.15) is 0 Å². The second kappa shape index (κ2) is 13.2. The molecule has 4 aromatic carbocycles. The molecule has 9 unspecified atom stereocenters. The molecule has 18 rings (SSSR count). The van der Waals surface area contributed by atoms with Gasteiger partial charge < -0.3 is 9.13 Å². The van der Waals surface area contributed by atoms with Gasteiger partial charge in [-0.3, -0.25) is 0 Å². The van der Waals surface area contributed by atoms with Crippen molar-refractivity contribution in [2.75, 3.05) is 0 Å². The van der Waals surface area contributed by atoms with Gasteiger partial charge in [0.1, 0.15) is 0 Å². The second-order valence-electron chi connectivity index (χ2n) is 32.2. The van der Waals surface area contributed by atoms with Gasteiger partial charge in [0.25, 0.3) is 0 Å². The fourth-order valence-electron chi connectivity index (χ4n) is 21.4. The molecule has 12 aliphatic rings. The molecule has 2 spiro atoms. The van der Waals surface area contributed by atoms with Crippen molar-refractivity contribution in [2.24, 2.45) is 39.9 Å². The standard InChI is InChI=1S/C73H79BN2/c1-66(2,3)42-16-18-58-50(28-42)52-30-44(68(7,8)9)32-56-64(52)75(58)60-24-41(25-61-63(60)74(56)57-33-45(69(10,11)12)31-53-51-29-43(67(4,5)6)17-19-59(51)76(61)65(53)57)62-54(70-21-20-39-22-46-26-48(37-70)72(46,70)35-39)14-13-15-55(62)71-34-40-23-47-27-49(38-71)73(47,71)36-40/h13-16,18,25,28-33,37-40,46-47,60H,17,19-24,26-27,34-36H2,1-12H3. The lowest BCUT2D eigenvalue weighted by Crippen LogP contribution is -2.63. The lowest BCUT2D eigenvalue weighted by Gasteiger charge is -2.69. The third-order valence-electron chi connectivity index (χ3n) is 24.8. The van der Waals surface area contributed by atoms with E-state index in [9.17, 15) is 0 Å². The number of hydrogen-bond donors (Lipinski definition) is 0. The molecule has 2 aliphatic heterocycles. The molecule has 9 atom stereocenters. The number of benzene rings is 4. The molecule has 2 nitrogen and oxygen atoms in total. The van der Waals surface area contributed by atoms with Crippen LogP contribution in [0.15, 0.2) is 101 Å². The molecular weight excluding hydrogens is 916 g/mol. The number of nitrogens with zero attached hydrogens (tertiary/aromatic N) is 2. The number of aromatic nitrogens is 2. The van der Waals surface area contributed by atoms with Gasteiger partial charge in [0.15, 0.2) is 0 Å². The molecule has 2 aromatic heterocycles. The molecule has 4 bridgehead atoms. The van der Waals surface area contributed by atoms with Crippen molar-refractivity contribution in [1.29, 1.82) is 0 Å². The van der Waals surface area contributed by atoms with E-state index in [1.807, 2.05) is 11.1 Å². The zero-order valence-corrected chi connectivity index (χ0v) is 47.9. The summed E-state index contributed by atoms with van der Waals surface area (Å²) in [5, 5.41) is 4.39. The Balaban J connectivity index is 0.986. The van der Waals surface area contributed by atoms with E-state index in [1.165, 1.54) is 124 Å². The van der Waals surface area contributed by atoms with Crippen LogP contribution in [0.5, 0.6) is 0 Å². The molecule has 0 amide bonds. The first-order valence-corrected chi connectivity index (χ1v) is 30.6. The van der Waals surface area contributed by atoms with Crippen molar-refractivity contribution in [3.05, 3.63) is 146 Å². The predicted octanol–water partition coefficient (Wildman–Crippen LogP) is 16.8. The number of rotatable bonds is 3. The van der Waals surface area contributed by atoms with Crippen LogP contribution in [-0.4, -0.2) is 15.8 Å². The molecule has 0 radical (unpaired) electrons. The Morgan fingerprint density at radius 1 is 0.579 bits per heavy atom. The Bertz CT molecular complexity index is 3990. The monoisotopic (exact) mass is 995 g/mol. The summed E-state index contributed by atoms with van der Waals surface area (Å²) < 4.78 is 5.89. The van der Waals surface area contributed by atoms with E-state index in [2.05, 4.69) is 177 Å². The van der Waals surface area contributed by atoms with Gasteiger partial charge in [0.05, 0.1) is 6.04 Å². The van der Waals surface area contributed by atoms with Crippen molar-refractivity contribution >= 4 is 67.7 Å². The Hall–Kier alpha value is -5.02. The summed E-state index contributed by atoms with van der Waals surface area (Å²) in [7, 11) is 0. The van der Waals surface area contributed by atoms with Crippen LogP contribution >= 0.6 is 0 Å². The van der Waals surface area contributed by atoms with Crippen molar-refractivity contribution in [3.63, 3.8) is 0 Å². The fourth-order valence-corrected chi connectivity index (χ4v) is 21.4. The van der Waals surface area contributed by atoms with E-state index < -0.39 is 0 Å². The van der Waals surface area contributed by atoms with Crippen LogP contribution in [-0.2, 0) is 33.5 Å². The van der Waals surface area contributed by atoms with Crippen LogP contribution in [0.4, 0.5) is 0 Å². The average molecular weight is 995 g/mol. The summed E-state index contributed by atoms with van der Waals surface area (Å²) >= 11 is 0. The normalized spacial score (nSPS) is 33.5. The SMILES string of the molecule is CC(C)(C)C1=Cc2c(n3c4c(cc(C(C)(C)C)cc24)B2C4=C3C=C(c3c(C56C=C7CC8CC(CC5)CC786)cccc3C35C=C6CC7CC(C3)CC675)CC4n3c4ccc(C(C)(C)C)cc4c4cc(C(C)(C)C)cc2c43)CC1. The fraction of sp³-hybridized carbons (Fsp3) is 0.507. The Kier molecular flexibility index (Phi) is 7.79. The zero-order valence-electron chi connectivity index (χ0n) is 47.9. The minimum atomic E-state index is -0.0141. The molecule has 10 aliphatic carbocycles. The largest absolute Gasteiger partial charge is 0.334 e. The van der Waals surface area contributed by atoms with Gasteiger partial charge in [0, 0.05) is 71.3 Å². The summed E-state index contributed by atoms with van der Waals surface area (Å²) in [6, 6.07) is 26.6. The zero-order chi connectivity index (χ0) is 51.7. The van der Waals surface area contributed by atoms with E-state index in [0.717, 1.165) is 42.9 Å². The molecule has 0 N–H and O–H groups in total.